The van der Waals surface area contributed by atoms with E-state index in [9.17, 15) is 9.90 Å². The van der Waals surface area contributed by atoms with E-state index in [-0.39, 0.29) is 54.3 Å². The van der Waals surface area contributed by atoms with Crippen LogP contribution in [0.2, 0.25) is 0 Å². The van der Waals surface area contributed by atoms with Crippen LogP contribution in [0.15, 0.2) is 64.9 Å². The number of ketones is 1. The minimum absolute atomic E-state index is 0. The van der Waals surface area contributed by atoms with Crippen LogP contribution in [0.5, 0.6) is 0 Å². The summed E-state index contributed by atoms with van der Waals surface area (Å²) < 4.78 is 6.67. The zero-order valence-electron chi connectivity index (χ0n) is 30.4. The Morgan fingerprint density at radius 3 is 2.23 bits per heavy atom. The number of hydrogen-bond donors (Lipinski definition) is 1. The second-order valence-electron chi connectivity index (χ2n) is 15.1. The van der Waals surface area contributed by atoms with Gasteiger partial charge >= 0.3 is 0 Å². The third-order valence-electron chi connectivity index (χ3n) is 10.1. The number of aliphatic hydroxyl groups is 1. The quantitative estimate of drug-likeness (QED) is 0.0962. The van der Waals surface area contributed by atoms with Crippen LogP contribution in [0, 0.1) is 30.2 Å². The molecule has 0 amide bonds. The average molecular weight is 823 g/mol. The maximum atomic E-state index is 11.7. The van der Waals surface area contributed by atoms with E-state index in [1.165, 1.54) is 44.3 Å². The summed E-state index contributed by atoms with van der Waals surface area (Å²) in [5.74, 6) is 0.547. The molecule has 1 radical (unpaired) electrons. The van der Waals surface area contributed by atoms with Crippen LogP contribution in [-0.4, -0.2) is 15.9 Å². The second-order valence-corrected chi connectivity index (χ2v) is 15.1. The Morgan fingerprint density at radius 2 is 1.60 bits per heavy atom. The monoisotopic (exact) mass is 823 g/mol. The number of hydrogen-bond acceptors (Lipinski definition) is 4. The van der Waals surface area contributed by atoms with E-state index in [2.05, 4.69) is 90.1 Å². The van der Waals surface area contributed by atoms with Gasteiger partial charge in [-0.15, -0.1) is 17.7 Å². The molecule has 1 N–H and O–H groups in total. The standard InChI is InChI=1S/C30H28NO.C13H24O2.Ir/c1-17-11-13-21-23-24-22(14-12-18(15-29(2,3)4)28(24)32-27(17)23)30(5,6)25-20-10-8-7-9-19(20)16-31-26(21)25;1-5-10(6-2)12(14)9-13(15)11(7-3)8-4;/h7-12,14,16H,15H2,1-6H3;9-11,14H,5-8H2,1-4H3;/q-1;;/b;12-9-;. The van der Waals surface area contributed by atoms with E-state index in [4.69, 9.17) is 9.40 Å². The molecule has 2 heterocycles. The van der Waals surface area contributed by atoms with Gasteiger partial charge in [0, 0.05) is 49.6 Å². The Balaban J connectivity index is 0.000000279. The Morgan fingerprint density at radius 1 is 0.958 bits per heavy atom. The van der Waals surface area contributed by atoms with Crippen molar-refractivity contribution in [3.8, 4) is 11.3 Å². The molecule has 0 spiro atoms. The fourth-order valence-electron chi connectivity index (χ4n) is 7.41. The first-order valence-corrected chi connectivity index (χ1v) is 17.5. The minimum atomic E-state index is -0.237. The molecule has 0 saturated carbocycles. The molecule has 1 aliphatic carbocycles. The number of aryl methyl sites for hydroxylation is 1. The van der Waals surface area contributed by atoms with Crippen molar-refractivity contribution in [2.24, 2.45) is 17.3 Å². The van der Waals surface area contributed by atoms with E-state index in [1.54, 1.807) is 0 Å². The van der Waals surface area contributed by atoms with E-state index in [1.807, 2.05) is 33.9 Å². The van der Waals surface area contributed by atoms with E-state index in [0.29, 0.717) is 0 Å². The predicted molar refractivity (Wildman–Crippen MR) is 197 cm³/mol. The summed E-state index contributed by atoms with van der Waals surface area (Å²) in [6.07, 6.45) is 7.88. The number of furan rings is 1. The number of nitrogens with zero attached hydrogens (tertiary/aromatic N) is 1. The maximum absolute atomic E-state index is 11.7. The summed E-state index contributed by atoms with van der Waals surface area (Å²) >= 11 is 0. The number of benzene rings is 3. The number of aromatic nitrogens is 1. The van der Waals surface area contributed by atoms with Gasteiger partial charge < -0.3 is 14.5 Å². The van der Waals surface area contributed by atoms with Crippen LogP contribution < -0.4 is 0 Å². The molecule has 5 heteroatoms. The molecule has 0 atom stereocenters. The number of pyridine rings is 1. The van der Waals surface area contributed by atoms with Crippen molar-refractivity contribution < 1.29 is 34.4 Å². The molecule has 0 fully saturated rings. The Bertz CT molecular complexity index is 1970. The normalized spacial score (nSPS) is 13.9. The molecule has 1 aliphatic rings. The first-order chi connectivity index (χ1) is 22.3. The van der Waals surface area contributed by atoms with Gasteiger partial charge in [-0.1, -0.05) is 117 Å². The average Bonchev–Trinajstić information content (AvgIpc) is 3.40. The zero-order chi connectivity index (χ0) is 34.3. The number of rotatable bonds is 8. The number of fused-ring (bicyclic) bond motifs is 4. The van der Waals surface area contributed by atoms with Crippen LogP contribution in [0.4, 0.5) is 0 Å². The zero-order valence-corrected chi connectivity index (χ0v) is 32.8. The third kappa shape index (κ3) is 6.92. The molecule has 2 aromatic heterocycles. The maximum Gasteiger partial charge on any atom is 0.162 e. The molecule has 0 bridgehead atoms. The number of allylic oxidation sites excluding steroid dienone is 2. The number of carbonyl (C=O) groups excluding carboxylic acids is 1. The van der Waals surface area contributed by atoms with E-state index < -0.39 is 0 Å². The SMILES string of the molecule is CCC(CC)C(=O)/C=C(\O)C(CC)CC.Cc1c[c-]c2c3c1oc1c(CC(C)(C)C)ccc(c13)C(C)(C)c1c-2ncc2ccccc12.[Ir]. The van der Waals surface area contributed by atoms with Gasteiger partial charge in [-0.05, 0) is 76.1 Å². The van der Waals surface area contributed by atoms with E-state index >= 15 is 0 Å². The molecular formula is C43H52IrNO3-. The fourth-order valence-corrected chi connectivity index (χ4v) is 7.41. The van der Waals surface area contributed by atoms with Crippen LogP contribution >= 0.6 is 0 Å². The molecule has 257 valence electrons. The Labute approximate surface area is 300 Å². The van der Waals surface area contributed by atoms with Crippen molar-refractivity contribution >= 4 is 38.5 Å². The molecule has 0 aliphatic heterocycles. The van der Waals surface area contributed by atoms with Crippen LogP contribution in [0.25, 0.3) is 44.0 Å². The molecule has 0 unspecified atom stereocenters. The molecule has 4 nitrogen and oxygen atoms in total. The summed E-state index contributed by atoms with van der Waals surface area (Å²) in [6, 6.07) is 18.9. The summed E-state index contributed by atoms with van der Waals surface area (Å²) in [5.41, 5.74) is 9.00. The van der Waals surface area contributed by atoms with Gasteiger partial charge in [0.05, 0.1) is 11.3 Å². The van der Waals surface area contributed by atoms with Gasteiger partial charge in [-0.25, -0.2) is 0 Å². The van der Waals surface area contributed by atoms with Crippen molar-refractivity contribution in [3.05, 3.63) is 88.8 Å². The summed E-state index contributed by atoms with van der Waals surface area (Å²) in [6.45, 7) is 21.7. The molecule has 6 rings (SSSR count). The first kappa shape index (κ1) is 37.5. The molecule has 5 aromatic rings. The number of aliphatic hydroxyl groups excluding tert-OH is 1. The van der Waals surface area contributed by atoms with Crippen molar-refractivity contribution in [1.82, 2.24) is 4.98 Å². The smallest absolute Gasteiger partial charge is 0.162 e. The van der Waals surface area contributed by atoms with Crippen molar-refractivity contribution in [1.29, 1.82) is 0 Å². The summed E-state index contributed by atoms with van der Waals surface area (Å²) in [4.78, 5) is 16.7. The minimum Gasteiger partial charge on any atom is -0.512 e. The molecule has 3 aromatic carbocycles. The Hall–Kier alpha value is -3.27. The summed E-state index contributed by atoms with van der Waals surface area (Å²) in [7, 11) is 0. The van der Waals surface area contributed by atoms with Crippen LogP contribution in [0.3, 0.4) is 0 Å². The van der Waals surface area contributed by atoms with Crippen LogP contribution in [0.1, 0.15) is 110 Å². The van der Waals surface area contributed by atoms with Gasteiger partial charge in [-0.2, -0.15) is 0 Å². The van der Waals surface area contributed by atoms with Crippen LogP contribution in [-0.2, 0) is 36.7 Å². The molecular weight excluding hydrogens is 771 g/mol. The predicted octanol–water partition coefficient (Wildman–Crippen LogP) is 12.0. The van der Waals surface area contributed by atoms with Crippen molar-refractivity contribution in [2.45, 2.75) is 107 Å². The third-order valence-corrected chi connectivity index (χ3v) is 10.1. The topological polar surface area (TPSA) is 63.3 Å². The fraction of sp³-hybridized carbons (Fsp3) is 0.442. The summed E-state index contributed by atoms with van der Waals surface area (Å²) in [5, 5.41) is 14.6. The molecule has 48 heavy (non-hydrogen) atoms. The van der Waals surface area contributed by atoms with Crippen molar-refractivity contribution in [2.75, 3.05) is 0 Å². The molecule has 0 saturated heterocycles. The largest absolute Gasteiger partial charge is 0.512 e. The second kappa shape index (κ2) is 14.7. The van der Waals surface area contributed by atoms with Gasteiger partial charge in [0.15, 0.2) is 5.78 Å². The first-order valence-electron chi connectivity index (χ1n) is 17.5. The van der Waals surface area contributed by atoms with E-state index in [0.717, 1.165) is 60.1 Å². The van der Waals surface area contributed by atoms with Gasteiger partial charge in [-0.3, -0.25) is 4.79 Å². The van der Waals surface area contributed by atoms with Gasteiger partial charge in [0.25, 0.3) is 0 Å². The Kier molecular flexibility index (Phi) is 11.5. The van der Waals surface area contributed by atoms with Gasteiger partial charge in [0.1, 0.15) is 5.58 Å². The van der Waals surface area contributed by atoms with Gasteiger partial charge in [0.2, 0.25) is 0 Å². The van der Waals surface area contributed by atoms with Crippen molar-refractivity contribution in [3.63, 3.8) is 0 Å². The number of carbonyl (C=O) groups is 1.